The van der Waals surface area contributed by atoms with E-state index < -0.39 is 51.1 Å². The number of esters is 2. The van der Waals surface area contributed by atoms with E-state index in [1.54, 1.807) is 0 Å². The molecule has 256 valence electrons. The van der Waals surface area contributed by atoms with Crippen molar-refractivity contribution in [2.45, 2.75) is 142 Å². The van der Waals surface area contributed by atoms with Crippen LogP contribution in [0.1, 0.15) is 129 Å². The van der Waals surface area contributed by atoms with Gasteiger partial charge in [0.15, 0.2) is 6.10 Å². The van der Waals surface area contributed by atoms with E-state index in [1.165, 1.54) is 12.8 Å². The van der Waals surface area contributed by atoms with E-state index in [-0.39, 0.29) is 19.4 Å². The zero-order chi connectivity index (χ0) is 32.9. The lowest BCUT2D eigenvalue weighted by Gasteiger charge is -2.20. The normalized spacial score (nSPS) is 14.5. The number of nitrogens with two attached hydrogens (primary N) is 1. The monoisotopic (exact) mass is 647 g/mol. The molecule has 44 heavy (non-hydrogen) atoms. The van der Waals surface area contributed by atoms with E-state index in [0.717, 1.165) is 77.0 Å². The molecule has 0 radical (unpaired) electrons. The summed E-state index contributed by atoms with van der Waals surface area (Å²) >= 11 is 0. The molecule has 0 aliphatic rings. The molecule has 0 fully saturated rings. The van der Waals surface area contributed by atoms with Gasteiger partial charge in [-0.2, -0.15) is 0 Å². The smallest absolute Gasteiger partial charge is 0.472 e. The number of ether oxygens (including phenoxy) is 2. The Morgan fingerprint density at radius 3 is 1.84 bits per heavy atom. The second kappa shape index (κ2) is 28.4. The summed E-state index contributed by atoms with van der Waals surface area (Å²) in [6.45, 7) is 2.63. The number of unbranched alkanes of at least 4 members (excludes halogenated alkanes) is 12. The molecule has 0 saturated carbocycles. The highest BCUT2D eigenvalue weighted by Crippen LogP contribution is 2.43. The molecular weight excluding hydrogens is 589 g/mol. The van der Waals surface area contributed by atoms with Crippen molar-refractivity contribution in [2.24, 2.45) is 5.73 Å². The number of carboxylic acids is 1. The van der Waals surface area contributed by atoms with Crippen molar-refractivity contribution in [2.75, 3.05) is 19.8 Å². The summed E-state index contributed by atoms with van der Waals surface area (Å²) in [7, 11) is -4.70. The van der Waals surface area contributed by atoms with Gasteiger partial charge in [-0.15, -0.1) is 0 Å². The molecule has 0 amide bonds. The zero-order valence-electron chi connectivity index (χ0n) is 27.0. The first-order valence-corrected chi connectivity index (χ1v) is 17.9. The molecule has 0 aromatic carbocycles. The van der Waals surface area contributed by atoms with E-state index in [1.807, 2.05) is 0 Å². The van der Waals surface area contributed by atoms with Crippen molar-refractivity contribution < 1.29 is 47.5 Å². The van der Waals surface area contributed by atoms with Gasteiger partial charge >= 0.3 is 25.7 Å². The maximum absolute atomic E-state index is 12.5. The molecule has 0 aromatic heterocycles. The Hall–Kier alpha value is -2.04. The van der Waals surface area contributed by atoms with Crippen LogP contribution in [0, 0.1) is 0 Å². The summed E-state index contributed by atoms with van der Waals surface area (Å²) in [5, 5.41) is 8.80. The Labute approximate surface area is 264 Å². The molecule has 12 heteroatoms. The van der Waals surface area contributed by atoms with Crippen molar-refractivity contribution in [3.63, 3.8) is 0 Å². The Kier molecular flexibility index (Phi) is 27.1. The Balaban J connectivity index is 4.50. The van der Waals surface area contributed by atoms with Gasteiger partial charge in [0.1, 0.15) is 12.6 Å². The van der Waals surface area contributed by atoms with Crippen LogP contribution in [0.5, 0.6) is 0 Å². The van der Waals surface area contributed by atoms with Gasteiger partial charge < -0.3 is 25.2 Å². The Morgan fingerprint density at radius 1 is 0.705 bits per heavy atom. The molecule has 4 N–H and O–H groups in total. The highest BCUT2D eigenvalue weighted by Gasteiger charge is 2.28. The lowest BCUT2D eigenvalue weighted by Crippen LogP contribution is -2.34. The average molecular weight is 648 g/mol. The minimum absolute atomic E-state index is 0.146. The fraction of sp³-hybridized carbons (Fsp3) is 0.781. The van der Waals surface area contributed by atoms with Crippen LogP contribution in [0.2, 0.25) is 0 Å². The number of hydrogen-bond donors (Lipinski definition) is 3. The van der Waals surface area contributed by atoms with Crippen LogP contribution in [0.15, 0.2) is 24.3 Å². The molecule has 0 bridgehead atoms. The van der Waals surface area contributed by atoms with Crippen LogP contribution in [0.4, 0.5) is 0 Å². The Bertz CT molecular complexity index is 864. The number of carbonyl (C=O) groups is 3. The van der Waals surface area contributed by atoms with Gasteiger partial charge in [0.05, 0.1) is 13.2 Å². The number of phosphoric acid groups is 1. The zero-order valence-corrected chi connectivity index (χ0v) is 27.9. The summed E-state index contributed by atoms with van der Waals surface area (Å²) in [5.41, 5.74) is 5.28. The molecule has 0 heterocycles. The maximum atomic E-state index is 12.5. The third kappa shape index (κ3) is 27.5. The first-order chi connectivity index (χ1) is 21.1. The number of allylic oxidation sites excluding steroid dienone is 4. The van der Waals surface area contributed by atoms with Gasteiger partial charge in [-0.3, -0.25) is 23.4 Å². The van der Waals surface area contributed by atoms with Crippen molar-refractivity contribution in [3.8, 4) is 0 Å². The molecular formula is C32H58NO10P. The molecule has 11 nitrogen and oxygen atoms in total. The van der Waals surface area contributed by atoms with Gasteiger partial charge in [-0.1, -0.05) is 102 Å². The quantitative estimate of drug-likeness (QED) is 0.0312. The first kappa shape index (κ1) is 42.0. The highest BCUT2D eigenvalue weighted by molar-refractivity contribution is 7.47. The number of carboxylic acid groups (broad SMARTS) is 1. The van der Waals surface area contributed by atoms with E-state index in [4.69, 9.17) is 24.8 Å². The van der Waals surface area contributed by atoms with E-state index >= 15 is 0 Å². The van der Waals surface area contributed by atoms with Crippen LogP contribution >= 0.6 is 7.82 Å². The summed E-state index contributed by atoms with van der Waals surface area (Å²) < 4.78 is 32.3. The van der Waals surface area contributed by atoms with E-state index in [0.29, 0.717) is 12.8 Å². The minimum Gasteiger partial charge on any atom is -0.480 e. The van der Waals surface area contributed by atoms with Gasteiger partial charge in [0.25, 0.3) is 0 Å². The van der Waals surface area contributed by atoms with Crippen LogP contribution in [0.25, 0.3) is 0 Å². The van der Waals surface area contributed by atoms with Crippen molar-refractivity contribution in [1.29, 1.82) is 0 Å². The second-order valence-electron chi connectivity index (χ2n) is 10.9. The maximum Gasteiger partial charge on any atom is 0.472 e. The van der Waals surface area contributed by atoms with Crippen LogP contribution in [0.3, 0.4) is 0 Å². The molecule has 0 aromatic rings. The first-order valence-electron chi connectivity index (χ1n) is 16.4. The number of carbonyl (C=O) groups excluding carboxylic acids is 2. The molecule has 0 saturated heterocycles. The van der Waals surface area contributed by atoms with E-state index in [2.05, 4.69) is 42.7 Å². The topological polar surface area (TPSA) is 172 Å². The summed E-state index contributed by atoms with van der Waals surface area (Å²) in [5.74, 6) is -2.41. The molecule has 3 atom stereocenters. The number of phosphoric ester groups is 1. The number of rotatable bonds is 30. The molecule has 0 aliphatic carbocycles. The fourth-order valence-electron chi connectivity index (χ4n) is 4.02. The SMILES string of the molecule is CCCC/C=C\C/C=C\CCCCCCCC(=O)OC(COC(=O)CCCCCCCC)COP(=O)(O)OCC(N)C(=O)O. The van der Waals surface area contributed by atoms with Gasteiger partial charge in [0, 0.05) is 12.8 Å². The van der Waals surface area contributed by atoms with Crippen molar-refractivity contribution >= 4 is 25.7 Å². The highest BCUT2D eigenvalue weighted by atomic mass is 31.2. The van der Waals surface area contributed by atoms with Crippen LogP contribution < -0.4 is 5.73 Å². The number of aliphatic carboxylic acids is 1. The number of hydrogen-bond acceptors (Lipinski definition) is 9. The predicted molar refractivity (Wildman–Crippen MR) is 171 cm³/mol. The predicted octanol–water partition coefficient (Wildman–Crippen LogP) is 7.16. The van der Waals surface area contributed by atoms with Crippen LogP contribution in [-0.4, -0.2) is 59.9 Å². The molecule has 0 spiro atoms. The van der Waals surface area contributed by atoms with Gasteiger partial charge in [-0.05, 0) is 38.5 Å². The van der Waals surface area contributed by atoms with Crippen LogP contribution in [-0.2, 0) is 37.5 Å². The molecule has 3 unspecified atom stereocenters. The lowest BCUT2D eigenvalue weighted by atomic mass is 10.1. The average Bonchev–Trinajstić information content (AvgIpc) is 2.99. The van der Waals surface area contributed by atoms with Crippen molar-refractivity contribution in [3.05, 3.63) is 24.3 Å². The second-order valence-corrected chi connectivity index (χ2v) is 12.4. The Morgan fingerprint density at radius 2 is 1.23 bits per heavy atom. The third-order valence-corrected chi connectivity index (χ3v) is 7.65. The van der Waals surface area contributed by atoms with E-state index in [9.17, 15) is 23.8 Å². The van der Waals surface area contributed by atoms with Crippen molar-refractivity contribution in [1.82, 2.24) is 0 Å². The molecule has 0 rings (SSSR count). The largest absolute Gasteiger partial charge is 0.480 e. The molecule has 0 aliphatic heterocycles. The standard InChI is InChI=1S/C32H58NO10P/c1-3-5-7-9-11-12-13-14-15-16-17-18-20-22-24-31(35)43-28(25-40-30(34)23-21-19-10-8-6-4-2)26-41-44(38,39)42-27-29(33)32(36)37/h9,11,13-14,28-29H,3-8,10,12,15-27,33H2,1-2H3,(H,36,37)(H,38,39)/b11-9-,14-13-. The fourth-order valence-corrected chi connectivity index (χ4v) is 4.80. The minimum atomic E-state index is -4.70. The lowest BCUT2D eigenvalue weighted by molar-refractivity contribution is -0.161. The van der Waals surface area contributed by atoms with Gasteiger partial charge in [0.2, 0.25) is 0 Å². The third-order valence-electron chi connectivity index (χ3n) is 6.70. The summed E-state index contributed by atoms with van der Waals surface area (Å²) in [4.78, 5) is 45.3. The summed E-state index contributed by atoms with van der Waals surface area (Å²) in [6, 6.07) is -1.52. The summed E-state index contributed by atoms with van der Waals surface area (Å²) in [6.07, 6.45) is 24.3. The van der Waals surface area contributed by atoms with Gasteiger partial charge in [-0.25, -0.2) is 4.57 Å².